The van der Waals surface area contributed by atoms with Gasteiger partial charge in [0.2, 0.25) is 0 Å². The highest BCUT2D eigenvalue weighted by Crippen LogP contribution is 2.37. The number of methoxy groups -OCH3 is 1. The smallest absolute Gasteiger partial charge is 0.399 e. The zero-order valence-electron chi connectivity index (χ0n) is 12.8. The van der Waals surface area contributed by atoms with Gasteiger partial charge >= 0.3 is 7.12 Å². The largest absolute Gasteiger partial charge is 0.495 e. The Morgan fingerprint density at radius 2 is 1.70 bits per heavy atom. The first-order valence-corrected chi connectivity index (χ1v) is 7.98. The van der Waals surface area contributed by atoms with Crippen LogP contribution in [0.5, 0.6) is 0 Å². The standard InChI is InChI=1S/C15H22BBrO3/c1-14(2)15(3,4)20-16(19-14)12-9-7-6-8-11(12)13(10-17)18-5/h6-9,13H,10H2,1-5H3. The van der Waals surface area contributed by atoms with Gasteiger partial charge in [-0.05, 0) is 38.7 Å². The second-order valence-electron chi connectivity index (χ2n) is 6.10. The average Bonchev–Trinajstić information content (AvgIpc) is 2.60. The summed E-state index contributed by atoms with van der Waals surface area (Å²) in [7, 11) is 1.36. The number of ether oxygens (including phenoxy) is 1. The average molecular weight is 341 g/mol. The van der Waals surface area contributed by atoms with Gasteiger partial charge in [0.1, 0.15) is 0 Å². The van der Waals surface area contributed by atoms with Crippen molar-refractivity contribution in [2.45, 2.75) is 45.0 Å². The first-order chi connectivity index (χ1) is 9.32. The van der Waals surface area contributed by atoms with E-state index in [9.17, 15) is 0 Å². The Balaban J connectivity index is 2.36. The van der Waals surface area contributed by atoms with Crippen molar-refractivity contribution < 1.29 is 14.0 Å². The number of alkyl halides is 1. The van der Waals surface area contributed by atoms with Crippen LogP contribution in [-0.4, -0.2) is 30.8 Å². The summed E-state index contributed by atoms with van der Waals surface area (Å²) in [5.74, 6) is 0. The van der Waals surface area contributed by atoms with E-state index in [2.05, 4.69) is 49.7 Å². The Kier molecular flexibility index (Phi) is 4.64. The highest BCUT2D eigenvalue weighted by atomic mass is 79.9. The fourth-order valence-corrected chi connectivity index (χ4v) is 2.87. The summed E-state index contributed by atoms with van der Waals surface area (Å²) < 4.78 is 17.8. The lowest BCUT2D eigenvalue weighted by molar-refractivity contribution is 0.00578. The van der Waals surface area contributed by atoms with Gasteiger partial charge in [0.15, 0.2) is 0 Å². The Morgan fingerprint density at radius 1 is 1.15 bits per heavy atom. The summed E-state index contributed by atoms with van der Waals surface area (Å²) in [5.41, 5.74) is 1.48. The van der Waals surface area contributed by atoms with Crippen LogP contribution in [0.1, 0.15) is 39.4 Å². The van der Waals surface area contributed by atoms with E-state index in [1.165, 1.54) is 0 Å². The van der Waals surface area contributed by atoms with E-state index in [0.717, 1.165) is 16.4 Å². The van der Waals surface area contributed by atoms with Gasteiger partial charge in [-0.15, -0.1) is 0 Å². The monoisotopic (exact) mass is 340 g/mol. The van der Waals surface area contributed by atoms with Gasteiger partial charge in [0.25, 0.3) is 0 Å². The number of hydrogen-bond donors (Lipinski definition) is 0. The molecule has 1 atom stereocenters. The van der Waals surface area contributed by atoms with Gasteiger partial charge < -0.3 is 14.0 Å². The van der Waals surface area contributed by atoms with Crippen molar-refractivity contribution in [3.8, 4) is 0 Å². The molecule has 5 heteroatoms. The Hall–Kier alpha value is -0.355. The van der Waals surface area contributed by atoms with Crippen LogP contribution in [0.15, 0.2) is 24.3 Å². The fourth-order valence-electron chi connectivity index (χ4n) is 2.26. The Labute approximate surface area is 130 Å². The summed E-state index contributed by atoms with van der Waals surface area (Å²) in [6.45, 7) is 8.25. The minimum absolute atomic E-state index is 0.00905. The molecule has 1 saturated heterocycles. The molecule has 1 aliphatic rings. The lowest BCUT2D eigenvalue weighted by Gasteiger charge is -2.32. The molecule has 0 spiro atoms. The number of hydrogen-bond acceptors (Lipinski definition) is 3. The fraction of sp³-hybridized carbons (Fsp3) is 0.600. The minimum Gasteiger partial charge on any atom is -0.399 e. The molecule has 1 heterocycles. The van der Waals surface area contributed by atoms with E-state index >= 15 is 0 Å². The molecule has 1 unspecified atom stereocenters. The van der Waals surface area contributed by atoms with Gasteiger partial charge in [0, 0.05) is 12.4 Å². The quantitative estimate of drug-likeness (QED) is 0.622. The van der Waals surface area contributed by atoms with E-state index in [-0.39, 0.29) is 24.4 Å². The second kappa shape index (κ2) is 5.80. The van der Waals surface area contributed by atoms with Crippen LogP contribution >= 0.6 is 15.9 Å². The van der Waals surface area contributed by atoms with Gasteiger partial charge in [-0.25, -0.2) is 0 Å². The number of benzene rings is 1. The molecule has 1 fully saturated rings. The lowest BCUT2D eigenvalue weighted by Crippen LogP contribution is -2.41. The van der Waals surface area contributed by atoms with Crippen molar-refractivity contribution in [2.75, 3.05) is 12.4 Å². The molecule has 0 aliphatic carbocycles. The highest BCUT2D eigenvalue weighted by Gasteiger charge is 2.52. The summed E-state index contributed by atoms with van der Waals surface area (Å²) in [6, 6.07) is 8.13. The van der Waals surface area contributed by atoms with Crippen molar-refractivity contribution in [1.29, 1.82) is 0 Å². The highest BCUT2D eigenvalue weighted by molar-refractivity contribution is 9.09. The normalized spacial score (nSPS) is 22.0. The van der Waals surface area contributed by atoms with Gasteiger partial charge in [-0.2, -0.15) is 0 Å². The van der Waals surface area contributed by atoms with Crippen LogP contribution in [0.25, 0.3) is 0 Å². The third-order valence-electron chi connectivity index (χ3n) is 4.27. The van der Waals surface area contributed by atoms with Crippen LogP contribution in [-0.2, 0) is 14.0 Å². The van der Waals surface area contributed by atoms with Crippen LogP contribution in [0.2, 0.25) is 0 Å². The molecule has 0 saturated carbocycles. The molecule has 2 rings (SSSR count). The molecule has 0 N–H and O–H groups in total. The maximum absolute atomic E-state index is 6.14. The third kappa shape index (κ3) is 2.82. The molecule has 0 bridgehead atoms. The van der Waals surface area contributed by atoms with E-state index in [4.69, 9.17) is 14.0 Å². The Bertz CT molecular complexity index is 456. The molecular weight excluding hydrogens is 319 g/mol. The summed E-state index contributed by atoms with van der Waals surface area (Å²) in [6.07, 6.45) is -0.00905. The zero-order chi connectivity index (χ0) is 15.0. The van der Waals surface area contributed by atoms with Crippen LogP contribution in [0.3, 0.4) is 0 Å². The molecular formula is C15H22BBrO3. The summed E-state index contributed by atoms with van der Waals surface area (Å²) in [5, 5.41) is 0.736. The number of rotatable bonds is 4. The van der Waals surface area contributed by atoms with Crippen LogP contribution in [0.4, 0.5) is 0 Å². The maximum Gasteiger partial charge on any atom is 0.495 e. The van der Waals surface area contributed by atoms with E-state index in [1.54, 1.807) is 7.11 Å². The molecule has 110 valence electrons. The van der Waals surface area contributed by atoms with Gasteiger partial charge in [-0.1, -0.05) is 40.2 Å². The van der Waals surface area contributed by atoms with Crippen molar-refractivity contribution in [1.82, 2.24) is 0 Å². The molecule has 1 aromatic carbocycles. The Morgan fingerprint density at radius 3 is 2.20 bits per heavy atom. The van der Waals surface area contributed by atoms with E-state index in [1.807, 2.05) is 18.2 Å². The minimum atomic E-state index is -0.354. The SMILES string of the molecule is COC(CBr)c1ccccc1B1OC(C)(C)C(C)(C)O1. The van der Waals surface area contributed by atoms with Gasteiger partial charge in [0.05, 0.1) is 17.3 Å². The molecule has 0 amide bonds. The first-order valence-electron chi connectivity index (χ1n) is 6.85. The van der Waals surface area contributed by atoms with Gasteiger partial charge in [-0.3, -0.25) is 0 Å². The summed E-state index contributed by atoms with van der Waals surface area (Å²) >= 11 is 3.49. The molecule has 0 radical (unpaired) electrons. The first kappa shape index (κ1) is 16.0. The molecule has 20 heavy (non-hydrogen) atoms. The molecule has 0 aromatic heterocycles. The number of halogens is 1. The molecule has 3 nitrogen and oxygen atoms in total. The zero-order valence-corrected chi connectivity index (χ0v) is 14.4. The molecule has 1 aliphatic heterocycles. The third-order valence-corrected chi connectivity index (χ3v) is 4.86. The van der Waals surface area contributed by atoms with E-state index < -0.39 is 0 Å². The summed E-state index contributed by atoms with van der Waals surface area (Å²) in [4.78, 5) is 0. The predicted octanol–water partition coefficient (Wildman–Crippen LogP) is 3.07. The van der Waals surface area contributed by atoms with Crippen LogP contribution < -0.4 is 5.46 Å². The van der Waals surface area contributed by atoms with E-state index in [0.29, 0.717) is 0 Å². The predicted molar refractivity (Wildman–Crippen MR) is 85.7 cm³/mol. The topological polar surface area (TPSA) is 27.7 Å². The van der Waals surface area contributed by atoms with Crippen LogP contribution in [0, 0.1) is 0 Å². The lowest BCUT2D eigenvalue weighted by atomic mass is 9.75. The molecule has 1 aromatic rings. The van der Waals surface area contributed by atoms with Crippen molar-refractivity contribution in [3.63, 3.8) is 0 Å². The van der Waals surface area contributed by atoms with Crippen molar-refractivity contribution in [2.24, 2.45) is 0 Å². The second-order valence-corrected chi connectivity index (χ2v) is 6.74. The van der Waals surface area contributed by atoms with Crippen molar-refractivity contribution >= 4 is 28.5 Å². The maximum atomic E-state index is 6.14. The van der Waals surface area contributed by atoms with Crippen molar-refractivity contribution in [3.05, 3.63) is 29.8 Å².